The van der Waals surface area contributed by atoms with Gasteiger partial charge in [-0.1, -0.05) is 26.5 Å². The van der Waals surface area contributed by atoms with Crippen LogP contribution in [-0.4, -0.2) is 11.4 Å². The van der Waals surface area contributed by atoms with Gasteiger partial charge in [0.1, 0.15) is 0 Å². The van der Waals surface area contributed by atoms with Gasteiger partial charge in [0.25, 0.3) is 0 Å². The van der Waals surface area contributed by atoms with Gasteiger partial charge in [-0.2, -0.15) is 0 Å². The molecule has 12 heavy (non-hydrogen) atoms. The zero-order valence-corrected chi connectivity index (χ0v) is 8.80. The molecule has 0 aliphatic rings. The van der Waals surface area contributed by atoms with Gasteiger partial charge in [0.05, 0.1) is 0 Å². The van der Waals surface area contributed by atoms with Gasteiger partial charge < -0.3 is 4.90 Å². The smallest absolute Gasteiger partial charge is 0.0193 e. The van der Waals surface area contributed by atoms with E-state index >= 15 is 0 Å². The van der Waals surface area contributed by atoms with Crippen LogP contribution in [0, 0.1) is 5.92 Å². The normalized spacial score (nSPS) is 11.9. The van der Waals surface area contributed by atoms with E-state index in [9.17, 15) is 0 Å². The predicted molar refractivity (Wildman–Crippen MR) is 55.8 cm³/mol. The predicted octanol–water partition coefficient (Wildman–Crippen LogP) is 3.40. The summed E-state index contributed by atoms with van der Waals surface area (Å²) in [7, 11) is 0. The molecule has 0 aromatic carbocycles. The van der Waals surface area contributed by atoms with Gasteiger partial charge in [-0.15, -0.1) is 0 Å². The van der Waals surface area contributed by atoms with Gasteiger partial charge in [-0.05, 0) is 32.4 Å². The Labute approximate surface area is 76.8 Å². The molecule has 0 aliphatic heterocycles. The van der Waals surface area contributed by atoms with Crippen molar-refractivity contribution in [2.45, 2.75) is 34.1 Å². The van der Waals surface area contributed by atoms with Crippen molar-refractivity contribution < 1.29 is 0 Å². The van der Waals surface area contributed by atoms with E-state index in [0.29, 0.717) is 5.92 Å². The first-order valence-corrected chi connectivity index (χ1v) is 4.70. The first-order chi connectivity index (χ1) is 5.65. The SMILES string of the molecule is C=CN(CC)/C(=C\C)CC(C)C. The summed E-state index contributed by atoms with van der Waals surface area (Å²) < 4.78 is 0. The highest BCUT2D eigenvalue weighted by Crippen LogP contribution is 2.14. The van der Waals surface area contributed by atoms with Crippen LogP contribution in [0.1, 0.15) is 34.1 Å². The molecule has 1 heteroatoms. The lowest BCUT2D eigenvalue weighted by Gasteiger charge is -2.22. The van der Waals surface area contributed by atoms with Gasteiger partial charge in [-0.3, -0.25) is 0 Å². The third-order valence-corrected chi connectivity index (χ3v) is 1.88. The van der Waals surface area contributed by atoms with Crippen molar-refractivity contribution in [3.63, 3.8) is 0 Å². The minimum Gasteiger partial charge on any atom is -0.353 e. The lowest BCUT2D eigenvalue weighted by molar-refractivity contribution is 0.440. The zero-order chi connectivity index (χ0) is 9.56. The second-order valence-corrected chi connectivity index (χ2v) is 3.35. The standard InChI is InChI=1S/C11H21N/c1-6-11(9-10(4)5)12(7-2)8-3/h6-7,10H,2,8-9H2,1,3-5H3/b11-6-. The third-order valence-electron chi connectivity index (χ3n) is 1.88. The van der Waals surface area contributed by atoms with Gasteiger partial charge in [0.2, 0.25) is 0 Å². The van der Waals surface area contributed by atoms with E-state index in [1.165, 1.54) is 5.70 Å². The van der Waals surface area contributed by atoms with E-state index in [0.717, 1.165) is 13.0 Å². The van der Waals surface area contributed by atoms with Crippen molar-refractivity contribution in [3.05, 3.63) is 24.6 Å². The minimum absolute atomic E-state index is 0.713. The maximum absolute atomic E-state index is 3.79. The van der Waals surface area contributed by atoms with Gasteiger partial charge in [-0.25, -0.2) is 0 Å². The van der Waals surface area contributed by atoms with Crippen LogP contribution in [0.2, 0.25) is 0 Å². The van der Waals surface area contributed by atoms with Crippen molar-refractivity contribution in [1.82, 2.24) is 4.90 Å². The monoisotopic (exact) mass is 167 g/mol. The Morgan fingerprint density at radius 3 is 2.33 bits per heavy atom. The van der Waals surface area contributed by atoms with Crippen molar-refractivity contribution in [1.29, 1.82) is 0 Å². The summed E-state index contributed by atoms with van der Waals surface area (Å²) >= 11 is 0. The average Bonchev–Trinajstić information content (AvgIpc) is 2.04. The van der Waals surface area contributed by atoms with Crippen LogP contribution in [0.15, 0.2) is 24.6 Å². The largest absolute Gasteiger partial charge is 0.353 e. The summed E-state index contributed by atoms with van der Waals surface area (Å²) in [5.41, 5.74) is 1.38. The van der Waals surface area contributed by atoms with Crippen LogP contribution in [0.4, 0.5) is 0 Å². The van der Waals surface area contributed by atoms with Crippen LogP contribution < -0.4 is 0 Å². The summed E-state index contributed by atoms with van der Waals surface area (Å²) in [6, 6.07) is 0. The summed E-state index contributed by atoms with van der Waals surface area (Å²) in [4.78, 5) is 2.19. The van der Waals surface area contributed by atoms with Gasteiger partial charge in [0.15, 0.2) is 0 Å². The van der Waals surface area contributed by atoms with Gasteiger partial charge >= 0.3 is 0 Å². The molecular weight excluding hydrogens is 146 g/mol. The molecule has 0 amide bonds. The summed E-state index contributed by atoms with van der Waals surface area (Å²) in [6.07, 6.45) is 5.21. The number of rotatable bonds is 5. The Balaban J connectivity index is 4.23. The van der Waals surface area contributed by atoms with Gasteiger partial charge in [0, 0.05) is 12.2 Å². The fourth-order valence-electron chi connectivity index (χ4n) is 1.27. The highest BCUT2D eigenvalue weighted by molar-refractivity contribution is 5.03. The third kappa shape index (κ3) is 3.61. The molecule has 0 aromatic heterocycles. The molecule has 70 valence electrons. The Hall–Kier alpha value is -0.720. The molecule has 0 spiro atoms. The number of hydrogen-bond acceptors (Lipinski definition) is 1. The fraction of sp³-hybridized carbons (Fsp3) is 0.636. The Kier molecular flexibility index (Phi) is 5.52. The molecule has 0 heterocycles. The number of nitrogens with zero attached hydrogens (tertiary/aromatic N) is 1. The van der Waals surface area contributed by atoms with E-state index in [1.807, 2.05) is 6.20 Å². The molecule has 0 saturated carbocycles. The molecule has 0 rings (SSSR count). The van der Waals surface area contributed by atoms with Crippen LogP contribution in [-0.2, 0) is 0 Å². The Morgan fingerprint density at radius 2 is 2.08 bits per heavy atom. The molecule has 0 bridgehead atoms. The highest BCUT2D eigenvalue weighted by Gasteiger charge is 2.04. The molecular formula is C11H21N. The van der Waals surface area contributed by atoms with Crippen molar-refractivity contribution in [2.24, 2.45) is 5.92 Å². The highest BCUT2D eigenvalue weighted by atomic mass is 15.1. The minimum atomic E-state index is 0.713. The summed E-state index contributed by atoms with van der Waals surface area (Å²) in [6.45, 7) is 13.5. The first kappa shape index (κ1) is 11.3. The second kappa shape index (κ2) is 5.87. The van der Waals surface area contributed by atoms with Crippen LogP contribution in [0.5, 0.6) is 0 Å². The molecule has 0 saturated heterocycles. The first-order valence-electron chi connectivity index (χ1n) is 4.70. The van der Waals surface area contributed by atoms with Crippen molar-refractivity contribution in [3.8, 4) is 0 Å². The zero-order valence-electron chi connectivity index (χ0n) is 8.80. The summed E-state index contributed by atoms with van der Waals surface area (Å²) in [5.74, 6) is 0.713. The average molecular weight is 167 g/mol. The Morgan fingerprint density at radius 1 is 1.50 bits per heavy atom. The van der Waals surface area contributed by atoms with E-state index in [2.05, 4.69) is 45.2 Å². The molecule has 0 aromatic rings. The lowest BCUT2D eigenvalue weighted by Crippen LogP contribution is -2.16. The number of hydrogen-bond donors (Lipinski definition) is 0. The van der Waals surface area contributed by atoms with Crippen molar-refractivity contribution in [2.75, 3.05) is 6.54 Å². The van der Waals surface area contributed by atoms with Crippen LogP contribution in [0.3, 0.4) is 0 Å². The molecule has 1 nitrogen and oxygen atoms in total. The fourth-order valence-corrected chi connectivity index (χ4v) is 1.27. The van der Waals surface area contributed by atoms with E-state index < -0.39 is 0 Å². The topological polar surface area (TPSA) is 3.24 Å². The number of allylic oxidation sites excluding steroid dienone is 2. The van der Waals surface area contributed by atoms with Crippen molar-refractivity contribution >= 4 is 0 Å². The van der Waals surface area contributed by atoms with E-state index in [-0.39, 0.29) is 0 Å². The van der Waals surface area contributed by atoms with E-state index in [1.54, 1.807) is 0 Å². The van der Waals surface area contributed by atoms with E-state index in [4.69, 9.17) is 0 Å². The molecule has 0 aliphatic carbocycles. The maximum Gasteiger partial charge on any atom is 0.0193 e. The summed E-state index contributed by atoms with van der Waals surface area (Å²) in [5, 5.41) is 0. The molecule has 0 unspecified atom stereocenters. The maximum atomic E-state index is 3.79. The quantitative estimate of drug-likeness (QED) is 0.606. The Bertz CT molecular complexity index is 156. The molecule has 0 fully saturated rings. The van der Waals surface area contributed by atoms with Crippen LogP contribution >= 0.6 is 0 Å². The molecule has 0 radical (unpaired) electrons. The van der Waals surface area contributed by atoms with Crippen LogP contribution in [0.25, 0.3) is 0 Å². The molecule has 0 N–H and O–H groups in total. The molecule has 0 atom stereocenters. The second-order valence-electron chi connectivity index (χ2n) is 3.35. The lowest BCUT2D eigenvalue weighted by atomic mass is 10.1.